The molecule has 0 spiro atoms. The Hall–Kier alpha value is -2.70. The molecule has 0 atom stereocenters. The van der Waals surface area contributed by atoms with Gasteiger partial charge in [-0.3, -0.25) is 0 Å². The average molecular weight is 395 g/mol. The van der Waals surface area contributed by atoms with Gasteiger partial charge in [-0.05, 0) is 37.3 Å². The van der Waals surface area contributed by atoms with Gasteiger partial charge >= 0.3 is 0 Å². The van der Waals surface area contributed by atoms with Crippen molar-refractivity contribution in [3.63, 3.8) is 0 Å². The van der Waals surface area contributed by atoms with Crippen molar-refractivity contribution in [2.75, 3.05) is 0 Å². The monoisotopic (exact) mass is 394 g/mol. The molecular weight excluding hydrogens is 380 g/mol. The van der Waals surface area contributed by atoms with E-state index in [1.54, 1.807) is 0 Å². The first kappa shape index (κ1) is 17.7. The Morgan fingerprint density at radius 1 is 0.963 bits per heavy atom. The maximum Gasteiger partial charge on any atom is 0.237 e. The van der Waals surface area contributed by atoms with Crippen LogP contribution >= 0.6 is 23.4 Å². The van der Waals surface area contributed by atoms with Crippen LogP contribution in [0.2, 0.25) is 5.02 Å². The number of hydrogen-bond donors (Lipinski definition) is 0. The predicted molar refractivity (Wildman–Crippen MR) is 107 cm³/mol. The van der Waals surface area contributed by atoms with Gasteiger partial charge in [0.05, 0.1) is 11.4 Å². The molecular formula is C20H15ClN4OS. The van der Waals surface area contributed by atoms with Crippen molar-refractivity contribution >= 4 is 23.4 Å². The Kier molecular flexibility index (Phi) is 5.18. The number of nitrogens with zero attached hydrogens (tertiary/aromatic N) is 4. The number of halogens is 1. The molecule has 0 radical (unpaired) electrons. The Balaban J connectivity index is 1.42. The Labute approximate surface area is 165 Å². The van der Waals surface area contributed by atoms with E-state index in [0.29, 0.717) is 22.5 Å². The van der Waals surface area contributed by atoms with Crippen LogP contribution in [0.25, 0.3) is 22.6 Å². The molecule has 0 fully saturated rings. The first-order valence-corrected chi connectivity index (χ1v) is 9.66. The lowest BCUT2D eigenvalue weighted by Gasteiger charge is -2.02. The zero-order chi connectivity index (χ0) is 18.6. The summed E-state index contributed by atoms with van der Waals surface area (Å²) in [5.74, 6) is 1.68. The van der Waals surface area contributed by atoms with Crippen LogP contribution in [0.15, 0.2) is 70.2 Å². The van der Waals surface area contributed by atoms with Gasteiger partial charge < -0.3 is 4.52 Å². The normalized spacial score (nSPS) is 10.9. The molecule has 0 N–H and O–H groups in total. The predicted octanol–water partition coefficient (Wildman–Crippen LogP) is 5.45. The number of benzene rings is 2. The molecule has 0 saturated carbocycles. The van der Waals surface area contributed by atoms with Gasteiger partial charge in [-0.1, -0.05) is 64.4 Å². The molecule has 7 heteroatoms. The largest absolute Gasteiger partial charge is 0.338 e. The lowest BCUT2D eigenvalue weighted by atomic mass is 10.1. The summed E-state index contributed by atoms with van der Waals surface area (Å²) in [5, 5.41) is 14.0. The summed E-state index contributed by atoms with van der Waals surface area (Å²) < 4.78 is 5.34. The third-order valence-electron chi connectivity index (χ3n) is 3.85. The van der Waals surface area contributed by atoms with E-state index in [2.05, 4.69) is 20.3 Å². The molecule has 0 saturated heterocycles. The van der Waals surface area contributed by atoms with Crippen molar-refractivity contribution in [3.05, 3.63) is 77.1 Å². The third kappa shape index (κ3) is 4.35. The SMILES string of the molecule is Cc1cccc(-c2noc(CSc3ccc(-c4cccc(Cl)c4)nn3)n2)c1. The van der Waals surface area contributed by atoms with E-state index in [1.807, 2.05) is 67.6 Å². The van der Waals surface area contributed by atoms with E-state index >= 15 is 0 Å². The summed E-state index contributed by atoms with van der Waals surface area (Å²) in [6, 6.07) is 19.4. The average Bonchev–Trinajstić information content (AvgIpc) is 3.16. The molecule has 5 nitrogen and oxygen atoms in total. The fraction of sp³-hybridized carbons (Fsp3) is 0.100. The lowest BCUT2D eigenvalue weighted by Crippen LogP contribution is -1.90. The number of aryl methyl sites for hydroxylation is 1. The molecule has 0 unspecified atom stereocenters. The highest BCUT2D eigenvalue weighted by Gasteiger charge is 2.10. The number of hydrogen-bond acceptors (Lipinski definition) is 6. The van der Waals surface area contributed by atoms with Gasteiger partial charge in [0.2, 0.25) is 11.7 Å². The van der Waals surface area contributed by atoms with Crippen molar-refractivity contribution in [3.8, 4) is 22.6 Å². The molecule has 0 aliphatic carbocycles. The number of rotatable bonds is 5. The molecule has 2 heterocycles. The van der Waals surface area contributed by atoms with Gasteiger partial charge in [0.15, 0.2) is 0 Å². The highest BCUT2D eigenvalue weighted by Crippen LogP contribution is 2.25. The van der Waals surface area contributed by atoms with Crippen LogP contribution in [0.5, 0.6) is 0 Å². The second kappa shape index (κ2) is 7.90. The Morgan fingerprint density at radius 3 is 2.59 bits per heavy atom. The summed E-state index contributed by atoms with van der Waals surface area (Å²) in [6.07, 6.45) is 0. The van der Waals surface area contributed by atoms with Crippen molar-refractivity contribution < 1.29 is 4.52 Å². The van der Waals surface area contributed by atoms with E-state index in [1.165, 1.54) is 11.8 Å². The minimum absolute atomic E-state index is 0.532. The van der Waals surface area contributed by atoms with Crippen LogP contribution in [0, 0.1) is 6.92 Å². The van der Waals surface area contributed by atoms with E-state index in [-0.39, 0.29) is 0 Å². The zero-order valence-electron chi connectivity index (χ0n) is 14.5. The summed E-state index contributed by atoms with van der Waals surface area (Å²) >= 11 is 7.52. The van der Waals surface area contributed by atoms with Gasteiger partial charge in [0.1, 0.15) is 5.03 Å². The standard InChI is InChI=1S/C20H15ClN4OS/c1-13-4-2-6-15(10-13)20-22-18(26-25-20)12-27-19-9-8-17(23-24-19)14-5-3-7-16(21)11-14/h2-11H,12H2,1H3. The van der Waals surface area contributed by atoms with Crippen molar-refractivity contribution in [2.24, 2.45) is 0 Å². The van der Waals surface area contributed by atoms with E-state index in [4.69, 9.17) is 16.1 Å². The minimum atomic E-state index is 0.532. The van der Waals surface area contributed by atoms with Crippen LogP contribution in [-0.4, -0.2) is 20.3 Å². The van der Waals surface area contributed by atoms with Crippen molar-refractivity contribution in [1.82, 2.24) is 20.3 Å². The second-order valence-corrected chi connectivity index (χ2v) is 7.37. The third-order valence-corrected chi connectivity index (χ3v) is 4.99. The van der Waals surface area contributed by atoms with Crippen LogP contribution in [0.1, 0.15) is 11.5 Å². The second-order valence-electron chi connectivity index (χ2n) is 5.94. The molecule has 0 aliphatic rings. The summed E-state index contributed by atoms with van der Waals surface area (Å²) in [5.41, 5.74) is 3.82. The Morgan fingerprint density at radius 2 is 1.81 bits per heavy atom. The van der Waals surface area contributed by atoms with Crippen LogP contribution in [0.3, 0.4) is 0 Å². The fourth-order valence-corrected chi connectivity index (χ4v) is 3.39. The summed E-state index contributed by atoms with van der Waals surface area (Å²) in [4.78, 5) is 4.45. The van der Waals surface area contributed by atoms with E-state index in [0.717, 1.165) is 27.4 Å². The molecule has 27 heavy (non-hydrogen) atoms. The molecule has 0 bridgehead atoms. The van der Waals surface area contributed by atoms with Crippen molar-refractivity contribution in [1.29, 1.82) is 0 Å². The topological polar surface area (TPSA) is 64.7 Å². The fourth-order valence-electron chi connectivity index (χ4n) is 2.55. The maximum absolute atomic E-state index is 6.02. The Bertz CT molecular complexity index is 1070. The van der Waals surface area contributed by atoms with Gasteiger partial charge in [-0.25, -0.2) is 0 Å². The van der Waals surface area contributed by atoms with Gasteiger partial charge in [0, 0.05) is 16.1 Å². The number of aromatic nitrogens is 4. The smallest absolute Gasteiger partial charge is 0.237 e. The van der Waals surface area contributed by atoms with Crippen LogP contribution < -0.4 is 0 Å². The first-order valence-electron chi connectivity index (χ1n) is 8.29. The molecule has 4 rings (SSSR count). The molecule has 2 aromatic carbocycles. The van der Waals surface area contributed by atoms with Crippen molar-refractivity contribution in [2.45, 2.75) is 17.7 Å². The lowest BCUT2D eigenvalue weighted by molar-refractivity contribution is 0.391. The molecule has 2 aromatic heterocycles. The highest BCUT2D eigenvalue weighted by atomic mass is 35.5. The first-order chi connectivity index (χ1) is 13.2. The van der Waals surface area contributed by atoms with Gasteiger partial charge in [0.25, 0.3) is 0 Å². The van der Waals surface area contributed by atoms with E-state index in [9.17, 15) is 0 Å². The molecule has 0 amide bonds. The quantitative estimate of drug-likeness (QED) is 0.419. The molecule has 0 aliphatic heterocycles. The minimum Gasteiger partial charge on any atom is -0.338 e. The summed E-state index contributed by atoms with van der Waals surface area (Å²) in [6.45, 7) is 2.03. The number of thioether (sulfide) groups is 1. The highest BCUT2D eigenvalue weighted by molar-refractivity contribution is 7.98. The zero-order valence-corrected chi connectivity index (χ0v) is 16.0. The van der Waals surface area contributed by atoms with Crippen LogP contribution in [-0.2, 0) is 5.75 Å². The van der Waals surface area contributed by atoms with E-state index < -0.39 is 0 Å². The summed E-state index contributed by atoms with van der Waals surface area (Å²) in [7, 11) is 0. The maximum atomic E-state index is 6.02. The van der Waals surface area contributed by atoms with Crippen LogP contribution in [0.4, 0.5) is 0 Å². The van der Waals surface area contributed by atoms with Gasteiger partial charge in [-0.15, -0.1) is 10.2 Å². The molecule has 134 valence electrons. The van der Waals surface area contributed by atoms with Gasteiger partial charge in [-0.2, -0.15) is 4.98 Å². The molecule has 4 aromatic rings.